The van der Waals surface area contributed by atoms with E-state index >= 15 is 0 Å². The van der Waals surface area contributed by atoms with Gasteiger partial charge in [-0.25, -0.2) is 0 Å². The van der Waals surface area contributed by atoms with Gasteiger partial charge < -0.3 is 15.0 Å². The van der Waals surface area contributed by atoms with Crippen LogP contribution in [0.25, 0.3) is 0 Å². The van der Waals surface area contributed by atoms with Crippen LogP contribution in [0.4, 0.5) is 24.5 Å². The smallest absolute Gasteiger partial charge is 0.378 e. The Labute approximate surface area is 153 Å². The zero-order valence-corrected chi connectivity index (χ0v) is 14.4. The minimum atomic E-state index is -4.52. The molecule has 0 spiro atoms. The van der Waals surface area contributed by atoms with Crippen molar-refractivity contribution in [1.82, 2.24) is 0 Å². The van der Waals surface area contributed by atoms with Crippen molar-refractivity contribution in [3.8, 4) is 0 Å². The van der Waals surface area contributed by atoms with E-state index in [0.717, 1.165) is 12.1 Å². The van der Waals surface area contributed by atoms with Crippen molar-refractivity contribution in [2.45, 2.75) is 6.18 Å². The summed E-state index contributed by atoms with van der Waals surface area (Å²) in [5.41, 5.74) is -0.0819. The molecule has 0 atom stereocenters. The van der Waals surface area contributed by atoms with Gasteiger partial charge in [0.15, 0.2) is 0 Å². The largest absolute Gasteiger partial charge is 0.416 e. The maximum absolute atomic E-state index is 13.3. The number of hydrogen-bond acceptors (Lipinski definition) is 3. The molecule has 0 saturated carbocycles. The molecule has 26 heavy (non-hydrogen) atoms. The highest BCUT2D eigenvalue weighted by molar-refractivity contribution is 6.31. The summed E-state index contributed by atoms with van der Waals surface area (Å²) in [7, 11) is 0. The van der Waals surface area contributed by atoms with Crippen molar-refractivity contribution in [3.05, 3.63) is 58.6 Å². The Morgan fingerprint density at radius 2 is 1.85 bits per heavy atom. The van der Waals surface area contributed by atoms with Crippen LogP contribution < -0.4 is 10.2 Å². The van der Waals surface area contributed by atoms with Crippen LogP contribution in [0, 0.1) is 0 Å². The molecule has 1 saturated heterocycles. The van der Waals surface area contributed by atoms with Crippen molar-refractivity contribution in [1.29, 1.82) is 0 Å². The quantitative estimate of drug-likeness (QED) is 0.850. The number of morpholine rings is 1. The molecule has 4 nitrogen and oxygen atoms in total. The number of carbonyl (C=O) groups excluding carboxylic acids is 1. The minimum Gasteiger partial charge on any atom is -0.378 e. The number of ether oxygens (including phenoxy) is 1. The lowest BCUT2D eigenvalue weighted by Crippen LogP contribution is -2.36. The number of amides is 1. The third kappa shape index (κ3) is 4.47. The van der Waals surface area contributed by atoms with Crippen LogP contribution in [0.1, 0.15) is 15.9 Å². The summed E-state index contributed by atoms with van der Waals surface area (Å²) in [6, 6.07) is 9.74. The second-order valence-electron chi connectivity index (χ2n) is 5.83. The van der Waals surface area contributed by atoms with Crippen molar-refractivity contribution in [2.24, 2.45) is 0 Å². The van der Waals surface area contributed by atoms with E-state index in [4.69, 9.17) is 16.3 Å². The summed E-state index contributed by atoms with van der Waals surface area (Å²) in [5.74, 6) is -0.528. The molecule has 0 aromatic heterocycles. The Morgan fingerprint density at radius 1 is 1.12 bits per heavy atom. The second-order valence-corrected chi connectivity index (χ2v) is 6.27. The fourth-order valence-electron chi connectivity index (χ4n) is 2.68. The SMILES string of the molecule is O=C(Nc1cc(N2CCOCC2)cc(C(F)(F)F)c1)c1cccc(Cl)c1. The van der Waals surface area contributed by atoms with E-state index in [1.807, 2.05) is 0 Å². The fraction of sp³-hybridized carbons (Fsp3) is 0.278. The van der Waals surface area contributed by atoms with Crippen LogP contribution >= 0.6 is 11.6 Å². The summed E-state index contributed by atoms with van der Waals surface area (Å²) >= 11 is 5.86. The fourth-order valence-corrected chi connectivity index (χ4v) is 2.87. The molecule has 1 aliphatic heterocycles. The predicted molar refractivity (Wildman–Crippen MR) is 93.9 cm³/mol. The number of rotatable bonds is 3. The van der Waals surface area contributed by atoms with Crippen molar-refractivity contribution in [2.75, 3.05) is 36.5 Å². The predicted octanol–water partition coefficient (Wildman–Crippen LogP) is 4.45. The summed E-state index contributed by atoms with van der Waals surface area (Å²) < 4.78 is 45.0. The van der Waals surface area contributed by atoms with Crippen LogP contribution in [-0.4, -0.2) is 32.2 Å². The number of halogens is 4. The molecule has 1 N–H and O–H groups in total. The molecule has 2 aromatic carbocycles. The number of nitrogens with one attached hydrogen (secondary N) is 1. The van der Waals surface area contributed by atoms with E-state index < -0.39 is 17.6 Å². The molecule has 0 aliphatic carbocycles. The van der Waals surface area contributed by atoms with Gasteiger partial charge >= 0.3 is 6.18 Å². The zero-order chi connectivity index (χ0) is 18.7. The number of benzene rings is 2. The highest BCUT2D eigenvalue weighted by Crippen LogP contribution is 2.35. The number of anilines is 2. The summed E-state index contributed by atoms with van der Waals surface area (Å²) in [5, 5.41) is 2.89. The normalized spacial score (nSPS) is 15.0. The first-order chi connectivity index (χ1) is 12.3. The lowest BCUT2D eigenvalue weighted by atomic mass is 10.1. The van der Waals surface area contributed by atoms with Crippen LogP contribution in [-0.2, 0) is 10.9 Å². The van der Waals surface area contributed by atoms with E-state index in [2.05, 4.69) is 5.32 Å². The number of carbonyl (C=O) groups is 1. The van der Waals surface area contributed by atoms with E-state index in [0.29, 0.717) is 37.0 Å². The molecule has 138 valence electrons. The van der Waals surface area contributed by atoms with Crippen LogP contribution in [0.5, 0.6) is 0 Å². The van der Waals surface area contributed by atoms with Gasteiger partial charge in [0, 0.05) is 35.1 Å². The molecule has 0 bridgehead atoms. The van der Waals surface area contributed by atoms with Crippen LogP contribution in [0.2, 0.25) is 5.02 Å². The van der Waals surface area contributed by atoms with Crippen molar-refractivity contribution < 1.29 is 22.7 Å². The number of nitrogens with zero attached hydrogens (tertiary/aromatic N) is 1. The number of alkyl halides is 3. The zero-order valence-electron chi connectivity index (χ0n) is 13.6. The van der Waals surface area contributed by atoms with Crippen LogP contribution in [0.15, 0.2) is 42.5 Å². The Hall–Kier alpha value is -2.25. The van der Waals surface area contributed by atoms with Crippen LogP contribution in [0.3, 0.4) is 0 Å². The summed E-state index contributed by atoms with van der Waals surface area (Å²) in [6.07, 6.45) is -4.52. The molecule has 2 aromatic rings. The molecule has 1 fully saturated rings. The van der Waals surface area contributed by atoms with Gasteiger partial charge in [-0.1, -0.05) is 17.7 Å². The van der Waals surface area contributed by atoms with Gasteiger partial charge in [-0.2, -0.15) is 13.2 Å². The van der Waals surface area contributed by atoms with Gasteiger partial charge in [-0.05, 0) is 36.4 Å². The third-order valence-corrected chi connectivity index (χ3v) is 4.20. The molecule has 1 amide bonds. The minimum absolute atomic E-state index is 0.0753. The molecule has 0 unspecified atom stereocenters. The number of hydrogen-bond donors (Lipinski definition) is 1. The van der Waals surface area contributed by atoms with E-state index in [1.165, 1.54) is 18.2 Å². The van der Waals surface area contributed by atoms with Gasteiger partial charge in [0.25, 0.3) is 5.91 Å². The Bertz CT molecular complexity index is 805. The Morgan fingerprint density at radius 3 is 2.50 bits per heavy atom. The third-order valence-electron chi connectivity index (χ3n) is 3.97. The average molecular weight is 385 g/mol. The van der Waals surface area contributed by atoms with Crippen molar-refractivity contribution in [3.63, 3.8) is 0 Å². The maximum Gasteiger partial charge on any atom is 0.416 e. The van der Waals surface area contributed by atoms with Gasteiger partial charge in [-0.3, -0.25) is 4.79 Å². The second kappa shape index (κ2) is 7.55. The Balaban J connectivity index is 1.91. The first kappa shape index (κ1) is 18.5. The van der Waals surface area contributed by atoms with Gasteiger partial charge in [0.1, 0.15) is 0 Å². The molecule has 0 radical (unpaired) electrons. The van der Waals surface area contributed by atoms with Gasteiger partial charge in [0.2, 0.25) is 0 Å². The topological polar surface area (TPSA) is 41.6 Å². The van der Waals surface area contributed by atoms with Crippen molar-refractivity contribution >= 4 is 28.9 Å². The van der Waals surface area contributed by atoms with Gasteiger partial charge in [0.05, 0.1) is 18.8 Å². The molecule has 8 heteroatoms. The lowest BCUT2D eigenvalue weighted by molar-refractivity contribution is -0.137. The van der Waals surface area contributed by atoms with E-state index in [9.17, 15) is 18.0 Å². The summed E-state index contributed by atoms with van der Waals surface area (Å²) in [4.78, 5) is 14.1. The standard InChI is InChI=1S/C18H16ClF3N2O2/c19-14-3-1-2-12(8-14)17(25)23-15-9-13(18(20,21)22)10-16(11-15)24-4-6-26-7-5-24/h1-3,8-11H,4-7H2,(H,23,25). The molecule has 3 rings (SSSR count). The maximum atomic E-state index is 13.3. The van der Waals surface area contributed by atoms with E-state index in [-0.39, 0.29) is 11.3 Å². The average Bonchev–Trinajstić information content (AvgIpc) is 2.61. The molecular weight excluding hydrogens is 369 g/mol. The highest BCUT2D eigenvalue weighted by Gasteiger charge is 2.32. The summed E-state index contributed by atoms with van der Waals surface area (Å²) in [6.45, 7) is 1.87. The highest BCUT2D eigenvalue weighted by atomic mass is 35.5. The monoisotopic (exact) mass is 384 g/mol. The molecular formula is C18H16ClF3N2O2. The molecule has 1 aliphatic rings. The Kier molecular flexibility index (Phi) is 5.38. The lowest BCUT2D eigenvalue weighted by Gasteiger charge is -2.29. The first-order valence-electron chi connectivity index (χ1n) is 7.95. The van der Waals surface area contributed by atoms with E-state index in [1.54, 1.807) is 17.0 Å². The van der Waals surface area contributed by atoms with Gasteiger partial charge in [-0.15, -0.1) is 0 Å². The molecule has 1 heterocycles. The first-order valence-corrected chi connectivity index (χ1v) is 8.32.